The molecule has 4 nitrogen and oxygen atoms in total. The van der Waals surface area contributed by atoms with Gasteiger partial charge >= 0.3 is 7.12 Å². The molecule has 1 aliphatic rings. The summed E-state index contributed by atoms with van der Waals surface area (Å²) >= 11 is 0. The zero-order valence-corrected chi connectivity index (χ0v) is 12.3. The molecule has 1 aromatic carbocycles. The Balaban J connectivity index is 2.11. The van der Waals surface area contributed by atoms with Gasteiger partial charge < -0.3 is 15.0 Å². The van der Waals surface area contributed by atoms with Gasteiger partial charge in [0.05, 0.1) is 11.2 Å². The maximum atomic E-state index is 6.11. The summed E-state index contributed by atoms with van der Waals surface area (Å²) in [4.78, 5) is 4.13. The predicted octanol–water partition coefficient (Wildman–Crippen LogP) is 2.12. The quantitative estimate of drug-likeness (QED) is 0.806. The molecule has 20 heavy (non-hydrogen) atoms. The Kier molecular flexibility index (Phi) is 2.82. The second kappa shape index (κ2) is 4.20. The van der Waals surface area contributed by atoms with Gasteiger partial charge in [-0.2, -0.15) is 0 Å². The minimum Gasteiger partial charge on any atom is -0.399 e. The van der Waals surface area contributed by atoms with Crippen molar-refractivity contribution in [3.8, 4) is 0 Å². The van der Waals surface area contributed by atoms with E-state index in [4.69, 9.17) is 15.0 Å². The summed E-state index contributed by atoms with van der Waals surface area (Å²) in [5, 5.41) is 1.96. The molecule has 0 amide bonds. The van der Waals surface area contributed by atoms with Gasteiger partial charge in [0.1, 0.15) is 5.82 Å². The van der Waals surface area contributed by atoms with Crippen LogP contribution in [0.4, 0.5) is 5.82 Å². The number of aromatic nitrogens is 1. The average Bonchev–Trinajstić information content (AvgIpc) is 2.58. The molecule has 5 heteroatoms. The third-order valence-electron chi connectivity index (χ3n) is 4.38. The fraction of sp³-hybridized carbons (Fsp3) is 0.400. The van der Waals surface area contributed by atoms with E-state index >= 15 is 0 Å². The van der Waals surface area contributed by atoms with Gasteiger partial charge in [0.25, 0.3) is 0 Å². The number of pyridine rings is 1. The molecule has 0 spiro atoms. The van der Waals surface area contributed by atoms with Gasteiger partial charge in [-0.05, 0) is 44.6 Å². The standard InChI is InChI=1S/C15H19BN2O2/c1-14(2)15(3,4)20-16(19-14)12-7-5-6-11-10(12)8-9-18-13(11)17/h5-9H,1-4H3,(H2,17,18). The Morgan fingerprint density at radius 3 is 2.30 bits per heavy atom. The summed E-state index contributed by atoms with van der Waals surface area (Å²) < 4.78 is 12.2. The predicted molar refractivity (Wildman–Crippen MR) is 81.9 cm³/mol. The first kappa shape index (κ1) is 13.4. The van der Waals surface area contributed by atoms with E-state index in [1.165, 1.54) is 0 Å². The van der Waals surface area contributed by atoms with E-state index in [0.29, 0.717) is 5.82 Å². The topological polar surface area (TPSA) is 57.4 Å². The highest BCUT2D eigenvalue weighted by Gasteiger charge is 2.52. The van der Waals surface area contributed by atoms with Gasteiger partial charge in [0.15, 0.2) is 0 Å². The molecule has 2 heterocycles. The normalized spacial score (nSPS) is 20.5. The van der Waals surface area contributed by atoms with Gasteiger partial charge in [0, 0.05) is 11.6 Å². The highest BCUT2D eigenvalue weighted by molar-refractivity contribution is 6.65. The van der Waals surface area contributed by atoms with Gasteiger partial charge in [-0.3, -0.25) is 0 Å². The molecule has 0 aliphatic carbocycles. The minimum absolute atomic E-state index is 0.349. The van der Waals surface area contributed by atoms with Crippen LogP contribution in [0.2, 0.25) is 0 Å². The molecule has 1 saturated heterocycles. The van der Waals surface area contributed by atoms with Gasteiger partial charge in [-0.1, -0.05) is 18.2 Å². The number of hydrogen-bond donors (Lipinski definition) is 1. The summed E-state index contributed by atoms with van der Waals surface area (Å²) in [5.74, 6) is 0.529. The Hall–Kier alpha value is -1.59. The number of nitrogen functional groups attached to an aromatic ring is 1. The lowest BCUT2D eigenvalue weighted by Gasteiger charge is -2.32. The molecule has 2 N–H and O–H groups in total. The molecule has 1 aromatic heterocycles. The molecule has 3 rings (SSSR count). The molecule has 0 atom stereocenters. The third kappa shape index (κ3) is 1.89. The van der Waals surface area contributed by atoms with E-state index in [2.05, 4.69) is 4.98 Å². The molecule has 1 fully saturated rings. The second-order valence-electron chi connectivity index (χ2n) is 6.23. The van der Waals surface area contributed by atoms with Crippen LogP contribution in [-0.4, -0.2) is 23.3 Å². The summed E-state index contributed by atoms with van der Waals surface area (Å²) in [7, 11) is -0.384. The van der Waals surface area contributed by atoms with Gasteiger partial charge in [0.2, 0.25) is 0 Å². The van der Waals surface area contributed by atoms with Crippen molar-refractivity contribution in [2.45, 2.75) is 38.9 Å². The maximum absolute atomic E-state index is 6.11. The van der Waals surface area contributed by atoms with Crippen molar-refractivity contribution in [3.05, 3.63) is 30.5 Å². The van der Waals surface area contributed by atoms with E-state index < -0.39 is 0 Å². The highest BCUT2D eigenvalue weighted by atomic mass is 16.7. The fourth-order valence-electron chi connectivity index (χ4n) is 2.43. The van der Waals surface area contributed by atoms with Crippen LogP contribution < -0.4 is 11.2 Å². The van der Waals surface area contributed by atoms with Gasteiger partial charge in [-0.15, -0.1) is 0 Å². The van der Waals surface area contributed by atoms with Crippen LogP contribution in [0.25, 0.3) is 10.8 Å². The SMILES string of the molecule is CC1(C)OB(c2cccc3c(N)nccc23)OC1(C)C. The van der Waals surface area contributed by atoms with Crippen molar-refractivity contribution >= 4 is 29.2 Å². The van der Waals surface area contributed by atoms with Crippen LogP contribution in [0.1, 0.15) is 27.7 Å². The van der Waals surface area contributed by atoms with E-state index in [0.717, 1.165) is 16.2 Å². The monoisotopic (exact) mass is 270 g/mol. The molecule has 2 aromatic rings. The van der Waals surface area contributed by atoms with E-state index in [-0.39, 0.29) is 18.3 Å². The number of rotatable bonds is 1. The summed E-state index contributed by atoms with van der Waals surface area (Å²) in [6.45, 7) is 8.20. The highest BCUT2D eigenvalue weighted by Crippen LogP contribution is 2.37. The summed E-state index contributed by atoms with van der Waals surface area (Å²) in [6, 6.07) is 7.89. The lowest BCUT2D eigenvalue weighted by molar-refractivity contribution is 0.00578. The fourth-order valence-corrected chi connectivity index (χ4v) is 2.43. The molecule has 0 saturated carbocycles. The Morgan fingerprint density at radius 2 is 1.65 bits per heavy atom. The van der Waals surface area contributed by atoms with Crippen LogP contribution in [0.3, 0.4) is 0 Å². The van der Waals surface area contributed by atoms with E-state index in [9.17, 15) is 0 Å². The Morgan fingerprint density at radius 1 is 1.00 bits per heavy atom. The van der Waals surface area contributed by atoms with E-state index in [1.54, 1.807) is 6.20 Å². The lowest BCUT2D eigenvalue weighted by Crippen LogP contribution is -2.41. The summed E-state index contributed by atoms with van der Waals surface area (Å²) in [6.07, 6.45) is 1.71. The number of benzene rings is 1. The van der Waals surface area contributed by atoms with Crippen molar-refractivity contribution < 1.29 is 9.31 Å². The van der Waals surface area contributed by atoms with Gasteiger partial charge in [-0.25, -0.2) is 4.98 Å². The number of hydrogen-bond acceptors (Lipinski definition) is 4. The van der Waals surface area contributed by atoms with Crippen LogP contribution in [0.15, 0.2) is 30.5 Å². The first-order chi connectivity index (χ1) is 9.32. The Bertz CT molecular complexity index is 654. The molecular weight excluding hydrogens is 251 g/mol. The minimum atomic E-state index is -0.384. The van der Waals surface area contributed by atoms with Crippen molar-refractivity contribution in [3.63, 3.8) is 0 Å². The van der Waals surface area contributed by atoms with Crippen molar-refractivity contribution in [1.29, 1.82) is 0 Å². The number of nitrogens with two attached hydrogens (primary N) is 1. The number of fused-ring (bicyclic) bond motifs is 1. The first-order valence-electron chi connectivity index (χ1n) is 6.80. The molecule has 1 aliphatic heterocycles. The van der Waals surface area contributed by atoms with Crippen molar-refractivity contribution in [2.24, 2.45) is 0 Å². The Labute approximate surface area is 119 Å². The third-order valence-corrected chi connectivity index (χ3v) is 4.38. The molecule has 0 radical (unpaired) electrons. The largest absolute Gasteiger partial charge is 0.495 e. The molecule has 0 unspecified atom stereocenters. The second-order valence-corrected chi connectivity index (χ2v) is 6.23. The van der Waals surface area contributed by atoms with Crippen LogP contribution >= 0.6 is 0 Å². The van der Waals surface area contributed by atoms with Crippen LogP contribution in [-0.2, 0) is 9.31 Å². The lowest BCUT2D eigenvalue weighted by atomic mass is 9.76. The summed E-state index contributed by atoms with van der Waals surface area (Å²) in [5.41, 5.74) is 6.24. The van der Waals surface area contributed by atoms with Crippen molar-refractivity contribution in [1.82, 2.24) is 4.98 Å². The van der Waals surface area contributed by atoms with Crippen LogP contribution in [0.5, 0.6) is 0 Å². The zero-order chi connectivity index (χ0) is 14.5. The van der Waals surface area contributed by atoms with E-state index in [1.807, 2.05) is 52.0 Å². The van der Waals surface area contributed by atoms with Crippen LogP contribution in [0, 0.1) is 0 Å². The smallest absolute Gasteiger partial charge is 0.399 e. The zero-order valence-electron chi connectivity index (χ0n) is 12.3. The van der Waals surface area contributed by atoms with Crippen molar-refractivity contribution in [2.75, 3.05) is 5.73 Å². The molecular formula is C15H19BN2O2. The molecule has 0 bridgehead atoms. The number of anilines is 1. The average molecular weight is 270 g/mol. The number of nitrogens with zero attached hydrogens (tertiary/aromatic N) is 1. The maximum Gasteiger partial charge on any atom is 0.495 e. The molecule has 104 valence electrons. The first-order valence-corrected chi connectivity index (χ1v) is 6.80.